The molecule has 0 radical (unpaired) electrons. The number of hydrogen-bond acceptors (Lipinski definition) is 2. The molecule has 2 amide bonds. The van der Waals surface area contributed by atoms with Crippen molar-refractivity contribution >= 4 is 12.0 Å². The van der Waals surface area contributed by atoms with E-state index in [4.69, 9.17) is 5.11 Å². The molecule has 1 atom stereocenters. The zero-order valence-electron chi connectivity index (χ0n) is 9.82. The molecule has 16 heavy (non-hydrogen) atoms. The molecule has 1 saturated carbocycles. The fraction of sp³-hybridized carbons (Fsp3) is 0.818. The maximum atomic E-state index is 11.5. The van der Waals surface area contributed by atoms with Gasteiger partial charge in [-0.2, -0.15) is 0 Å². The Hall–Kier alpha value is -1.26. The number of aliphatic carboxylic acids is 1. The molecule has 5 heteroatoms. The minimum Gasteiger partial charge on any atom is -0.480 e. The molecule has 0 aliphatic heterocycles. The Kier molecular flexibility index (Phi) is 4.58. The van der Waals surface area contributed by atoms with Gasteiger partial charge < -0.3 is 15.7 Å². The minimum absolute atomic E-state index is 0.119. The van der Waals surface area contributed by atoms with Crippen molar-refractivity contribution in [2.45, 2.75) is 51.6 Å². The lowest BCUT2D eigenvalue weighted by atomic mass is 10.1. The average molecular weight is 228 g/mol. The summed E-state index contributed by atoms with van der Waals surface area (Å²) in [5.41, 5.74) is 0. The van der Waals surface area contributed by atoms with Crippen molar-refractivity contribution in [3.05, 3.63) is 0 Å². The van der Waals surface area contributed by atoms with Gasteiger partial charge in [0.2, 0.25) is 0 Å². The number of rotatable bonds is 4. The summed E-state index contributed by atoms with van der Waals surface area (Å²) in [6.07, 6.45) is 4.26. The van der Waals surface area contributed by atoms with Crippen molar-refractivity contribution in [3.8, 4) is 0 Å². The highest BCUT2D eigenvalue weighted by Gasteiger charge is 2.25. The van der Waals surface area contributed by atoms with Crippen LogP contribution in [0.1, 0.15) is 39.5 Å². The normalized spacial score (nSPS) is 18.4. The quantitative estimate of drug-likeness (QED) is 0.679. The molecule has 0 unspecified atom stereocenters. The van der Waals surface area contributed by atoms with Crippen LogP contribution in [-0.4, -0.2) is 29.2 Å². The van der Waals surface area contributed by atoms with Crippen LogP contribution in [0.2, 0.25) is 0 Å². The third-order valence-corrected chi connectivity index (χ3v) is 2.91. The van der Waals surface area contributed by atoms with Crippen molar-refractivity contribution in [1.82, 2.24) is 10.6 Å². The van der Waals surface area contributed by atoms with E-state index in [1.54, 1.807) is 13.8 Å². The lowest BCUT2D eigenvalue weighted by Crippen LogP contribution is -2.50. The summed E-state index contributed by atoms with van der Waals surface area (Å²) < 4.78 is 0. The van der Waals surface area contributed by atoms with Crippen LogP contribution in [0.3, 0.4) is 0 Å². The first-order chi connectivity index (χ1) is 7.50. The standard InChI is InChI=1S/C11H20N2O3/c1-7(2)9(10(14)15)13-11(16)12-8-5-3-4-6-8/h7-9H,3-6H2,1-2H3,(H,14,15)(H2,12,13,16)/t9-/m1/s1. The van der Waals surface area contributed by atoms with Crippen molar-refractivity contribution in [2.75, 3.05) is 0 Å². The van der Waals surface area contributed by atoms with Crippen LogP contribution in [0, 0.1) is 5.92 Å². The van der Waals surface area contributed by atoms with Crippen LogP contribution in [-0.2, 0) is 4.79 Å². The largest absolute Gasteiger partial charge is 0.480 e. The lowest BCUT2D eigenvalue weighted by Gasteiger charge is -2.20. The van der Waals surface area contributed by atoms with Crippen LogP contribution >= 0.6 is 0 Å². The number of carboxylic acid groups (broad SMARTS) is 1. The molecule has 1 aliphatic rings. The number of carbonyl (C=O) groups excluding carboxylic acids is 1. The Bertz CT molecular complexity index is 260. The number of nitrogens with one attached hydrogen (secondary N) is 2. The molecule has 0 aromatic carbocycles. The van der Waals surface area contributed by atoms with Crippen molar-refractivity contribution in [3.63, 3.8) is 0 Å². The van der Waals surface area contributed by atoms with Crippen molar-refractivity contribution in [2.24, 2.45) is 5.92 Å². The van der Waals surface area contributed by atoms with Gasteiger partial charge in [-0.05, 0) is 18.8 Å². The van der Waals surface area contributed by atoms with Gasteiger partial charge >= 0.3 is 12.0 Å². The molecule has 92 valence electrons. The number of hydrogen-bond donors (Lipinski definition) is 3. The van der Waals surface area contributed by atoms with Gasteiger partial charge in [0.25, 0.3) is 0 Å². The van der Waals surface area contributed by atoms with E-state index in [-0.39, 0.29) is 18.0 Å². The predicted octanol–water partition coefficient (Wildman–Crippen LogP) is 1.34. The highest BCUT2D eigenvalue weighted by molar-refractivity contribution is 5.82. The zero-order chi connectivity index (χ0) is 12.1. The first-order valence-electron chi connectivity index (χ1n) is 5.80. The summed E-state index contributed by atoms with van der Waals surface area (Å²) in [5.74, 6) is -1.11. The maximum Gasteiger partial charge on any atom is 0.326 e. The first-order valence-corrected chi connectivity index (χ1v) is 5.80. The molecule has 5 nitrogen and oxygen atoms in total. The van der Waals surface area contributed by atoms with Gasteiger partial charge in [0, 0.05) is 6.04 Å². The zero-order valence-corrected chi connectivity index (χ0v) is 9.82. The summed E-state index contributed by atoms with van der Waals surface area (Å²) in [4.78, 5) is 22.4. The minimum atomic E-state index is -0.989. The molecule has 1 rings (SSSR count). The molecule has 0 aromatic heterocycles. The second kappa shape index (κ2) is 5.72. The lowest BCUT2D eigenvalue weighted by molar-refractivity contribution is -0.140. The van der Waals surface area contributed by atoms with E-state index in [1.165, 1.54) is 0 Å². The first kappa shape index (κ1) is 12.8. The molecule has 1 aliphatic carbocycles. The molecule has 0 spiro atoms. The highest BCUT2D eigenvalue weighted by Crippen LogP contribution is 2.17. The van der Waals surface area contributed by atoms with Gasteiger partial charge in [-0.1, -0.05) is 26.7 Å². The van der Waals surface area contributed by atoms with E-state index in [0.717, 1.165) is 25.7 Å². The summed E-state index contributed by atoms with van der Waals surface area (Å²) in [5, 5.41) is 14.2. The maximum absolute atomic E-state index is 11.5. The molecule has 0 saturated heterocycles. The van der Waals surface area contributed by atoms with Gasteiger partial charge in [0.15, 0.2) is 0 Å². The van der Waals surface area contributed by atoms with Gasteiger partial charge in [0.05, 0.1) is 0 Å². The highest BCUT2D eigenvalue weighted by atomic mass is 16.4. The van der Waals surface area contributed by atoms with E-state index in [9.17, 15) is 9.59 Å². The Morgan fingerprint density at radius 2 is 1.81 bits per heavy atom. The molecular formula is C11H20N2O3. The molecular weight excluding hydrogens is 208 g/mol. The summed E-state index contributed by atoms with van der Waals surface area (Å²) >= 11 is 0. The molecule has 1 fully saturated rings. The topological polar surface area (TPSA) is 78.4 Å². The molecule has 0 heterocycles. The van der Waals surface area contributed by atoms with Gasteiger partial charge in [-0.3, -0.25) is 0 Å². The van der Waals surface area contributed by atoms with E-state index in [0.29, 0.717) is 0 Å². The summed E-state index contributed by atoms with van der Waals surface area (Å²) in [7, 11) is 0. The monoisotopic (exact) mass is 228 g/mol. The van der Waals surface area contributed by atoms with Gasteiger partial charge in [-0.25, -0.2) is 9.59 Å². The van der Waals surface area contributed by atoms with Gasteiger partial charge in [0.1, 0.15) is 6.04 Å². The fourth-order valence-electron chi connectivity index (χ4n) is 1.95. The van der Waals surface area contributed by atoms with E-state index >= 15 is 0 Å². The van der Waals surface area contributed by atoms with Gasteiger partial charge in [-0.15, -0.1) is 0 Å². The SMILES string of the molecule is CC(C)[C@@H](NC(=O)NC1CCCC1)C(=O)O. The Labute approximate surface area is 95.6 Å². The second-order valence-electron chi connectivity index (χ2n) is 4.66. The third kappa shape index (κ3) is 3.72. The number of urea groups is 1. The molecule has 0 aromatic rings. The fourth-order valence-corrected chi connectivity index (χ4v) is 1.95. The van der Waals surface area contributed by atoms with E-state index in [1.807, 2.05) is 0 Å². The summed E-state index contributed by atoms with van der Waals surface area (Å²) in [6.45, 7) is 3.54. The van der Waals surface area contributed by atoms with E-state index < -0.39 is 12.0 Å². The van der Waals surface area contributed by atoms with Crippen LogP contribution < -0.4 is 10.6 Å². The predicted molar refractivity (Wildman–Crippen MR) is 60.2 cm³/mol. The Morgan fingerprint density at radius 1 is 1.25 bits per heavy atom. The van der Waals surface area contributed by atoms with Crippen LogP contribution in [0.4, 0.5) is 4.79 Å². The second-order valence-corrected chi connectivity index (χ2v) is 4.66. The Balaban J connectivity index is 2.38. The third-order valence-electron chi connectivity index (χ3n) is 2.91. The van der Waals surface area contributed by atoms with Crippen LogP contribution in [0.15, 0.2) is 0 Å². The Morgan fingerprint density at radius 3 is 2.25 bits per heavy atom. The van der Waals surface area contributed by atoms with E-state index in [2.05, 4.69) is 10.6 Å². The number of carboxylic acids is 1. The van der Waals surface area contributed by atoms with Crippen LogP contribution in [0.5, 0.6) is 0 Å². The van der Waals surface area contributed by atoms with Crippen molar-refractivity contribution < 1.29 is 14.7 Å². The number of amides is 2. The molecule has 3 N–H and O–H groups in total. The summed E-state index contributed by atoms with van der Waals surface area (Å²) in [6, 6.07) is -0.976. The average Bonchev–Trinajstić information content (AvgIpc) is 2.65. The smallest absolute Gasteiger partial charge is 0.326 e. The van der Waals surface area contributed by atoms with Crippen molar-refractivity contribution in [1.29, 1.82) is 0 Å². The van der Waals surface area contributed by atoms with Crippen LogP contribution in [0.25, 0.3) is 0 Å². The molecule has 0 bridgehead atoms. The number of carbonyl (C=O) groups is 2.